The van der Waals surface area contributed by atoms with E-state index in [1.54, 1.807) is 12.1 Å². The molecule has 0 saturated heterocycles. The van der Waals surface area contributed by atoms with E-state index in [1.165, 1.54) is 13.5 Å². The molecule has 1 N–H and O–H groups in total. The Morgan fingerprint density at radius 1 is 1.14 bits per heavy atom. The van der Waals surface area contributed by atoms with Gasteiger partial charge in [-0.05, 0) is 55.9 Å². The Kier molecular flexibility index (Phi) is 4.94. The average molecular weight is 311 g/mol. The van der Waals surface area contributed by atoms with Crippen LogP contribution in [0.5, 0.6) is 5.75 Å². The van der Waals surface area contributed by atoms with E-state index in [9.17, 15) is 8.42 Å². The number of aryl methyl sites for hydroxylation is 2. The fraction of sp³-hybridized carbons (Fsp3) is 0.625. The molecule has 0 aromatic heterocycles. The van der Waals surface area contributed by atoms with Gasteiger partial charge in [-0.2, -0.15) is 0 Å². The summed E-state index contributed by atoms with van der Waals surface area (Å²) in [5.74, 6) is 0.792. The normalized spacial score (nSPS) is 23.0. The number of benzene rings is 1. The minimum absolute atomic E-state index is 0.0232. The van der Waals surface area contributed by atoms with Gasteiger partial charge in [0, 0.05) is 6.04 Å². The van der Waals surface area contributed by atoms with Gasteiger partial charge in [-0.1, -0.05) is 19.8 Å². The molecule has 0 bridgehead atoms. The number of methoxy groups -OCH3 is 1. The summed E-state index contributed by atoms with van der Waals surface area (Å²) in [5, 5.41) is 0. The summed E-state index contributed by atoms with van der Waals surface area (Å²) in [7, 11) is -2.04. The summed E-state index contributed by atoms with van der Waals surface area (Å²) in [6.07, 6.45) is 4.26. The number of ether oxygens (including phenoxy) is 1. The molecule has 0 unspecified atom stereocenters. The molecule has 0 aliphatic heterocycles. The van der Waals surface area contributed by atoms with Crippen LogP contribution in [0.25, 0.3) is 0 Å². The molecule has 2 atom stereocenters. The van der Waals surface area contributed by atoms with Gasteiger partial charge >= 0.3 is 0 Å². The third kappa shape index (κ3) is 3.58. The highest BCUT2D eigenvalue weighted by Crippen LogP contribution is 2.30. The summed E-state index contributed by atoms with van der Waals surface area (Å²) in [6, 6.07) is 3.51. The van der Waals surface area contributed by atoms with Gasteiger partial charge in [-0.3, -0.25) is 0 Å². The molecule has 0 heterocycles. The smallest absolute Gasteiger partial charge is 0.244 e. The van der Waals surface area contributed by atoms with Crippen molar-refractivity contribution in [1.82, 2.24) is 4.72 Å². The average Bonchev–Trinajstić information content (AvgIpc) is 2.43. The third-order valence-corrected chi connectivity index (χ3v) is 6.00. The van der Waals surface area contributed by atoms with E-state index in [0.717, 1.165) is 30.4 Å². The Morgan fingerprint density at radius 2 is 1.76 bits per heavy atom. The van der Waals surface area contributed by atoms with Crippen LogP contribution in [0.2, 0.25) is 0 Å². The Hall–Kier alpha value is -1.07. The van der Waals surface area contributed by atoms with E-state index in [4.69, 9.17) is 4.74 Å². The van der Waals surface area contributed by atoms with Gasteiger partial charge < -0.3 is 4.74 Å². The molecule has 1 aromatic carbocycles. The molecule has 5 heteroatoms. The van der Waals surface area contributed by atoms with Crippen molar-refractivity contribution in [2.75, 3.05) is 7.11 Å². The maximum Gasteiger partial charge on any atom is 0.244 e. The maximum absolute atomic E-state index is 12.7. The maximum atomic E-state index is 12.7. The molecule has 0 amide bonds. The van der Waals surface area contributed by atoms with Gasteiger partial charge in [0.05, 0.1) is 7.11 Å². The second kappa shape index (κ2) is 6.36. The first-order chi connectivity index (χ1) is 9.85. The van der Waals surface area contributed by atoms with Gasteiger partial charge in [0.2, 0.25) is 10.0 Å². The van der Waals surface area contributed by atoms with Crippen molar-refractivity contribution < 1.29 is 13.2 Å². The molecule has 1 aromatic rings. The number of hydrogen-bond acceptors (Lipinski definition) is 3. The molecule has 1 aliphatic carbocycles. The summed E-state index contributed by atoms with van der Waals surface area (Å²) < 4.78 is 33.5. The zero-order valence-corrected chi connectivity index (χ0v) is 14.1. The van der Waals surface area contributed by atoms with Crippen molar-refractivity contribution in [3.63, 3.8) is 0 Å². The highest BCUT2D eigenvalue weighted by molar-refractivity contribution is 7.89. The summed E-state index contributed by atoms with van der Waals surface area (Å²) in [4.78, 5) is 0.242. The monoisotopic (exact) mass is 311 g/mol. The Labute approximate surface area is 127 Å². The van der Waals surface area contributed by atoms with Gasteiger partial charge in [-0.15, -0.1) is 0 Å². The fourth-order valence-corrected chi connectivity index (χ4v) is 4.50. The largest absolute Gasteiger partial charge is 0.495 e. The predicted octanol–water partition coefficient (Wildman–Crippen LogP) is 3.17. The lowest BCUT2D eigenvalue weighted by Crippen LogP contribution is -2.41. The van der Waals surface area contributed by atoms with Crippen LogP contribution in [0.4, 0.5) is 0 Å². The summed E-state index contributed by atoms with van der Waals surface area (Å²) >= 11 is 0. The molecule has 21 heavy (non-hydrogen) atoms. The van der Waals surface area contributed by atoms with Crippen LogP contribution in [0, 0.1) is 19.8 Å². The van der Waals surface area contributed by atoms with Crippen molar-refractivity contribution in [3.8, 4) is 5.75 Å². The summed E-state index contributed by atoms with van der Waals surface area (Å²) in [6.45, 7) is 5.98. The van der Waals surface area contributed by atoms with Gasteiger partial charge in [0.15, 0.2) is 0 Å². The highest BCUT2D eigenvalue weighted by Gasteiger charge is 2.28. The standard InChI is InChI=1S/C16H25NO3S/c1-11-7-5-6-8-14(11)17-21(18,19)16-10-13(3)12(2)9-15(16)20-4/h9-11,14,17H,5-8H2,1-4H3/t11-,14-/m1/s1. The predicted molar refractivity (Wildman–Crippen MR) is 84.2 cm³/mol. The SMILES string of the molecule is COc1cc(C)c(C)cc1S(=O)(=O)N[C@@H]1CCCC[C@H]1C. The molecule has 2 rings (SSSR count). The Morgan fingerprint density at radius 3 is 2.38 bits per heavy atom. The molecule has 4 nitrogen and oxygen atoms in total. The lowest BCUT2D eigenvalue weighted by molar-refractivity contribution is 0.310. The number of rotatable bonds is 4. The minimum atomic E-state index is -3.55. The van der Waals surface area contributed by atoms with Crippen molar-refractivity contribution >= 4 is 10.0 Å². The van der Waals surface area contributed by atoms with E-state index in [0.29, 0.717) is 11.7 Å². The molecule has 0 radical (unpaired) electrons. The van der Waals surface area contributed by atoms with Gasteiger partial charge in [0.1, 0.15) is 10.6 Å². The number of sulfonamides is 1. The first-order valence-corrected chi connectivity index (χ1v) is 9.01. The molecule has 0 spiro atoms. The number of nitrogens with one attached hydrogen (secondary N) is 1. The topological polar surface area (TPSA) is 55.4 Å². The van der Waals surface area contributed by atoms with Crippen LogP contribution in [-0.4, -0.2) is 21.6 Å². The fourth-order valence-electron chi connectivity index (χ4n) is 2.89. The molecule has 118 valence electrons. The van der Waals surface area contributed by atoms with Crippen molar-refractivity contribution in [2.45, 2.75) is 57.4 Å². The van der Waals surface area contributed by atoms with E-state index >= 15 is 0 Å². The quantitative estimate of drug-likeness (QED) is 0.929. The molecule has 1 saturated carbocycles. The van der Waals surface area contributed by atoms with Crippen LogP contribution >= 0.6 is 0 Å². The van der Waals surface area contributed by atoms with Gasteiger partial charge in [0.25, 0.3) is 0 Å². The zero-order chi connectivity index (χ0) is 15.6. The van der Waals surface area contributed by atoms with E-state index < -0.39 is 10.0 Å². The van der Waals surface area contributed by atoms with E-state index in [2.05, 4.69) is 11.6 Å². The van der Waals surface area contributed by atoms with E-state index in [-0.39, 0.29) is 10.9 Å². The minimum Gasteiger partial charge on any atom is -0.495 e. The number of hydrogen-bond donors (Lipinski definition) is 1. The third-order valence-electron chi connectivity index (χ3n) is 4.49. The van der Waals surface area contributed by atoms with Crippen LogP contribution in [0.15, 0.2) is 17.0 Å². The molecular formula is C16H25NO3S. The first-order valence-electron chi connectivity index (χ1n) is 7.52. The second-order valence-corrected chi connectivity index (χ2v) is 7.76. The Bertz CT molecular complexity index is 610. The molecular weight excluding hydrogens is 286 g/mol. The van der Waals surface area contributed by atoms with Crippen LogP contribution in [0.3, 0.4) is 0 Å². The molecule has 1 aliphatic rings. The second-order valence-electron chi connectivity index (χ2n) is 6.08. The van der Waals surface area contributed by atoms with Gasteiger partial charge in [-0.25, -0.2) is 13.1 Å². The molecule has 1 fully saturated rings. The summed E-state index contributed by atoms with van der Waals surface area (Å²) in [5.41, 5.74) is 1.98. The lowest BCUT2D eigenvalue weighted by Gasteiger charge is -2.29. The van der Waals surface area contributed by atoms with Crippen molar-refractivity contribution in [1.29, 1.82) is 0 Å². The Balaban J connectivity index is 2.33. The van der Waals surface area contributed by atoms with Crippen LogP contribution in [-0.2, 0) is 10.0 Å². The lowest BCUT2D eigenvalue weighted by atomic mass is 9.87. The first kappa shape index (κ1) is 16.3. The van der Waals surface area contributed by atoms with Crippen molar-refractivity contribution in [3.05, 3.63) is 23.3 Å². The van der Waals surface area contributed by atoms with Crippen LogP contribution < -0.4 is 9.46 Å². The zero-order valence-electron chi connectivity index (χ0n) is 13.3. The van der Waals surface area contributed by atoms with Crippen LogP contribution in [0.1, 0.15) is 43.7 Å². The van der Waals surface area contributed by atoms with Crippen molar-refractivity contribution in [2.24, 2.45) is 5.92 Å². The highest BCUT2D eigenvalue weighted by atomic mass is 32.2. The van der Waals surface area contributed by atoms with E-state index in [1.807, 2.05) is 13.8 Å².